The molecule has 1 fully saturated rings. The van der Waals surface area contributed by atoms with Crippen LogP contribution < -0.4 is 0 Å². The monoisotopic (exact) mass is 200 g/mol. The summed E-state index contributed by atoms with van der Waals surface area (Å²) in [5.41, 5.74) is 0. The molecule has 1 saturated heterocycles. The minimum absolute atomic E-state index is 0.244. The Morgan fingerprint density at radius 2 is 2.14 bits per heavy atom. The molecule has 1 aliphatic heterocycles. The number of carbonyl (C=O) groups excluding carboxylic acids is 1. The maximum Gasteiger partial charge on any atom is 0.163 e. The Morgan fingerprint density at radius 1 is 1.43 bits per heavy atom. The molecule has 1 aliphatic rings. The van der Waals surface area contributed by atoms with Crippen LogP contribution in [0.1, 0.15) is 46.5 Å². The van der Waals surface area contributed by atoms with Gasteiger partial charge in [-0.15, -0.1) is 0 Å². The van der Waals surface area contributed by atoms with Crippen LogP contribution in [0.15, 0.2) is 0 Å². The molecule has 1 rings (SSSR count). The van der Waals surface area contributed by atoms with Crippen molar-refractivity contribution in [3.63, 3.8) is 0 Å². The fourth-order valence-corrected chi connectivity index (χ4v) is 1.99. The lowest BCUT2D eigenvalue weighted by atomic mass is 10.0. The number of hydrogen-bond acceptors (Lipinski definition) is 3. The van der Waals surface area contributed by atoms with Crippen LogP contribution >= 0.6 is 0 Å². The van der Waals surface area contributed by atoms with Crippen molar-refractivity contribution in [2.75, 3.05) is 0 Å². The van der Waals surface area contributed by atoms with Gasteiger partial charge in [-0.25, -0.2) is 0 Å². The van der Waals surface area contributed by atoms with E-state index >= 15 is 0 Å². The highest BCUT2D eigenvalue weighted by atomic mass is 16.7. The van der Waals surface area contributed by atoms with Crippen molar-refractivity contribution < 1.29 is 14.3 Å². The van der Waals surface area contributed by atoms with E-state index in [4.69, 9.17) is 9.47 Å². The maximum absolute atomic E-state index is 10.2. The number of carbonyl (C=O) groups is 1. The van der Waals surface area contributed by atoms with Gasteiger partial charge in [0.1, 0.15) is 6.29 Å². The molecule has 0 bridgehead atoms. The van der Waals surface area contributed by atoms with Crippen molar-refractivity contribution in [2.24, 2.45) is 0 Å². The van der Waals surface area contributed by atoms with Gasteiger partial charge in [0, 0.05) is 6.42 Å². The fraction of sp³-hybridized carbons (Fsp3) is 0.909. The lowest BCUT2D eigenvalue weighted by Gasteiger charge is -2.39. The Kier molecular flexibility index (Phi) is 4.08. The predicted octanol–water partition coefficient (Wildman–Crippen LogP) is 2.29. The molecule has 3 heteroatoms. The molecule has 0 aliphatic carbocycles. The van der Waals surface area contributed by atoms with Crippen molar-refractivity contribution in [2.45, 2.75) is 64.4 Å². The van der Waals surface area contributed by atoms with E-state index in [2.05, 4.69) is 6.92 Å². The number of aldehydes is 1. The molecule has 0 amide bonds. The van der Waals surface area contributed by atoms with Crippen molar-refractivity contribution >= 4 is 6.29 Å². The van der Waals surface area contributed by atoms with Crippen molar-refractivity contribution in [1.29, 1.82) is 0 Å². The molecular formula is C11H20O3. The van der Waals surface area contributed by atoms with E-state index in [-0.39, 0.29) is 12.2 Å². The fourth-order valence-electron chi connectivity index (χ4n) is 1.99. The zero-order valence-electron chi connectivity index (χ0n) is 9.29. The first-order valence-electron chi connectivity index (χ1n) is 5.33. The first-order chi connectivity index (χ1) is 6.53. The van der Waals surface area contributed by atoms with E-state index in [1.165, 1.54) is 0 Å². The van der Waals surface area contributed by atoms with Gasteiger partial charge in [-0.2, -0.15) is 0 Å². The SMILES string of the molecule is C[C@H]1C[C@@H](CCCC=O)OC(C)(C)O1. The molecule has 3 nitrogen and oxygen atoms in total. The van der Waals surface area contributed by atoms with E-state index in [0.29, 0.717) is 6.42 Å². The van der Waals surface area contributed by atoms with Gasteiger partial charge in [-0.05, 0) is 40.0 Å². The van der Waals surface area contributed by atoms with Gasteiger partial charge in [0.25, 0.3) is 0 Å². The van der Waals surface area contributed by atoms with Crippen LogP contribution in [-0.4, -0.2) is 24.3 Å². The predicted molar refractivity (Wildman–Crippen MR) is 54.0 cm³/mol. The topological polar surface area (TPSA) is 35.5 Å². The van der Waals surface area contributed by atoms with Gasteiger partial charge in [0.15, 0.2) is 5.79 Å². The average molecular weight is 200 g/mol. The minimum Gasteiger partial charge on any atom is -0.347 e. The first-order valence-corrected chi connectivity index (χ1v) is 5.33. The van der Waals surface area contributed by atoms with Crippen LogP contribution in [0.3, 0.4) is 0 Å². The highest BCUT2D eigenvalue weighted by Crippen LogP contribution is 2.28. The lowest BCUT2D eigenvalue weighted by Crippen LogP contribution is -2.43. The Hall–Kier alpha value is -0.410. The van der Waals surface area contributed by atoms with Gasteiger partial charge in [-0.1, -0.05) is 0 Å². The highest BCUT2D eigenvalue weighted by Gasteiger charge is 2.32. The van der Waals surface area contributed by atoms with Crippen LogP contribution in [0.5, 0.6) is 0 Å². The van der Waals surface area contributed by atoms with Crippen LogP contribution in [0.2, 0.25) is 0 Å². The first kappa shape index (κ1) is 11.7. The van der Waals surface area contributed by atoms with Crippen molar-refractivity contribution in [1.82, 2.24) is 0 Å². The second kappa shape index (κ2) is 4.89. The molecule has 0 aromatic carbocycles. The van der Waals surface area contributed by atoms with Gasteiger partial charge in [0.2, 0.25) is 0 Å². The van der Waals surface area contributed by atoms with Crippen LogP contribution in [0.25, 0.3) is 0 Å². The number of hydrogen-bond donors (Lipinski definition) is 0. The van der Waals surface area contributed by atoms with E-state index in [1.54, 1.807) is 0 Å². The van der Waals surface area contributed by atoms with Gasteiger partial charge < -0.3 is 14.3 Å². The largest absolute Gasteiger partial charge is 0.347 e. The molecule has 1 heterocycles. The number of unbranched alkanes of at least 4 members (excludes halogenated alkanes) is 1. The molecule has 0 radical (unpaired) electrons. The molecule has 0 N–H and O–H groups in total. The summed E-state index contributed by atoms with van der Waals surface area (Å²) in [5.74, 6) is -0.469. The molecule has 82 valence electrons. The maximum atomic E-state index is 10.2. The summed E-state index contributed by atoms with van der Waals surface area (Å²) >= 11 is 0. The van der Waals surface area contributed by atoms with Crippen molar-refractivity contribution in [3.8, 4) is 0 Å². The van der Waals surface area contributed by atoms with E-state index in [1.807, 2.05) is 13.8 Å². The summed E-state index contributed by atoms with van der Waals surface area (Å²) in [6, 6.07) is 0. The summed E-state index contributed by atoms with van der Waals surface area (Å²) in [6.07, 6.45) is 4.90. The zero-order chi connectivity index (χ0) is 10.6. The Morgan fingerprint density at radius 3 is 2.71 bits per heavy atom. The second-order valence-corrected chi connectivity index (χ2v) is 4.40. The van der Waals surface area contributed by atoms with E-state index < -0.39 is 5.79 Å². The highest BCUT2D eigenvalue weighted by molar-refractivity contribution is 5.48. The van der Waals surface area contributed by atoms with Gasteiger partial charge in [0.05, 0.1) is 12.2 Å². The smallest absolute Gasteiger partial charge is 0.163 e. The van der Waals surface area contributed by atoms with Crippen molar-refractivity contribution in [3.05, 3.63) is 0 Å². The quantitative estimate of drug-likeness (QED) is 0.516. The zero-order valence-corrected chi connectivity index (χ0v) is 9.29. The summed E-state index contributed by atoms with van der Waals surface area (Å²) in [7, 11) is 0. The van der Waals surface area contributed by atoms with Gasteiger partial charge >= 0.3 is 0 Å². The molecule has 0 aromatic heterocycles. The molecule has 2 atom stereocenters. The second-order valence-electron chi connectivity index (χ2n) is 4.40. The van der Waals surface area contributed by atoms with Gasteiger partial charge in [-0.3, -0.25) is 0 Å². The van der Waals surface area contributed by atoms with Crippen LogP contribution in [0, 0.1) is 0 Å². The van der Waals surface area contributed by atoms with Crippen LogP contribution in [0.4, 0.5) is 0 Å². The molecular weight excluding hydrogens is 180 g/mol. The third-order valence-electron chi connectivity index (χ3n) is 2.38. The molecule has 0 unspecified atom stereocenters. The van der Waals surface area contributed by atoms with E-state index in [9.17, 15) is 4.79 Å². The van der Waals surface area contributed by atoms with E-state index in [0.717, 1.165) is 25.5 Å². The lowest BCUT2D eigenvalue weighted by molar-refractivity contribution is -0.296. The summed E-state index contributed by atoms with van der Waals surface area (Å²) in [5, 5.41) is 0. The third-order valence-corrected chi connectivity index (χ3v) is 2.38. The minimum atomic E-state index is -0.469. The van der Waals surface area contributed by atoms with Crippen LogP contribution in [-0.2, 0) is 14.3 Å². The standard InChI is InChI=1S/C11H20O3/c1-9-8-10(6-4-5-7-12)14-11(2,3)13-9/h7,9-10H,4-6,8H2,1-3H3/t9-,10+/m0/s1. The molecule has 14 heavy (non-hydrogen) atoms. The Labute approximate surface area is 85.8 Å². The molecule has 0 saturated carbocycles. The Balaban J connectivity index is 2.34. The molecule has 0 spiro atoms. The average Bonchev–Trinajstić information content (AvgIpc) is 2.00. The molecule has 0 aromatic rings. The number of ether oxygens (including phenoxy) is 2. The summed E-state index contributed by atoms with van der Waals surface area (Å²) < 4.78 is 11.4. The summed E-state index contributed by atoms with van der Waals surface area (Å²) in [4.78, 5) is 10.2. The Bertz CT molecular complexity index is 189. The third kappa shape index (κ3) is 3.76. The summed E-state index contributed by atoms with van der Waals surface area (Å²) in [6.45, 7) is 5.95. The normalized spacial score (nSPS) is 31.4. The number of rotatable bonds is 4.